The first-order valence-electron chi connectivity index (χ1n) is 11.2. The summed E-state index contributed by atoms with van der Waals surface area (Å²) >= 11 is 0. The van der Waals surface area contributed by atoms with Gasteiger partial charge in [-0.3, -0.25) is 14.4 Å². The number of para-hydroxylation sites is 2. The molecule has 35 heavy (non-hydrogen) atoms. The molecule has 4 rings (SSSR count). The van der Waals surface area contributed by atoms with E-state index in [1.54, 1.807) is 48.5 Å². The lowest BCUT2D eigenvalue weighted by Gasteiger charge is -2.15. The van der Waals surface area contributed by atoms with Crippen LogP contribution in [0.3, 0.4) is 0 Å². The summed E-state index contributed by atoms with van der Waals surface area (Å²) in [4.78, 5) is 41.4. The van der Waals surface area contributed by atoms with Crippen molar-refractivity contribution in [2.45, 2.75) is 33.7 Å². The Morgan fingerprint density at radius 1 is 1.00 bits per heavy atom. The van der Waals surface area contributed by atoms with Crippen molar-refractivity contribution in [3.8, 4) is 11.5 Å². The quantitative estimate of drug-likeness (QED) is 0.251. The molecule has 2 aromatic carbocycles. The van der Waals surface area contributed by atoms with Crippen LogP contribution in [0.25, 0.3) is 21.8 Å². The van der Waals surface area contributed by atoms with E-state index in [2.05, 4.69) is 15.5 Å². The summed E-state index contributed by atoms with van der Waals surface area (Å²) in [7, 11) is 0. The summed E-state index contributed by atoms with van der Waals surface area (Å²) in [5.41, 5.74) is 1.49. The first-order valence-corrected chi connectivity index (χ1v) is 11.2. The molecule has 0 bridgehead atoms. The molecular weight excluding hydrogens is 448 g/mol. The second-order valence-corrected chi connectivity index (χ2v) is 8.74. The number of hydrogen-bond acceptors (Lipinski definition) is 6. The molecule has 0 atom stereocenters. The number of pyridine rings is 2. The van der Waals surface area contributed by atoms with Gasteiger partial charge in [-0.2, -0.15) is 5.10 Å². The van der Waals surface area contributed by atoms with Crippen molar-refractivity contribution in [2.24, 2.45) is 11.0 Å². The highest BCUT2D eigenvalue weighted by Crippen LogP contribution is 2.27. The second kappa shape index (κ2) is 9.46. The molecule has 2 aromatic heterocycles. The van der Waals surface area contributed by atoms with Gasteiger partial charge in [0.15, 0.2) is 0 Å². The summed E-state index contributed by atoms with van der Waals surface area (Å²) in [6.07, 6.45) is 0.705. The molecule has 0 saturated heterocycles. The molecule has 1 amide bonds. The van der Waals surface area contributed by atoms with Crippen LogP contribution >= 0.6 is 0 Å². The average molecular weight is 475 g/mol. The molecule has 0 unspecified atom stereocenters. The Kier molecular flexibility index (Phi) is 6.42. The molecule has 0 aliphatic heterocycles. The Bertz CT molecular complexity index is 1600. The minimum absolute atomic E-state index is 0.0308. The molecule has 9 nitrogen and oxygen atoms in total. The lowest BCUT2D eigenvalue weighted by Crippen LogP contribution is -2.32. The fraction of sp³-hybridized carbons (Fsp3) is 0.231. The van der Waals surface area contributed by atoms with E-state index in [4.69, 9.17) is 0 Å². The summed E-state index contributed by atoms with van der Waals surface area (Å²) in [5.74, 6) is -1.31. The molecule has 9 heteroatoms. The topological polar surface area (TPSA) is 137 Å². The number of hydrazone groups is 1. The van der Waals surface area contributed by atoms with Crippen molar-refractivity contribution < 1.29 is 15.0 Å². The molecule has 0 aliphatic carbocycles. The Morgan fingerprint density at radius 3 is 2.34 bits per heavy atom. The van der Waals surface area contributed by atoms with Crippen molar-refractivity contribution in [1.82, 2.24) is 15.0 Å². The van der Waals surface area contributed by atoms with Crippen molar-refractivity contribution in [3.63, 3.8) is 0 Å². The second-order valence-electron chi connectivity index (χ2n) is 8.74. The molecule has 0 radical (unpaired) electrons. The van der Waals surface area contributed by atoms with Gasteiger partial charge < -0.3 is 19.8 Å². The van der Waals surface area contributed by atoms with Gasteiger partial charge >= 0.3 is 0 Å². The van der Waals surface area contributed by atoms with E-state index in [-0.39, 0.29) is 17.0 Å². The highest BCUT2D eigenvalue weighted by molar-refractivity contribution is 6.07. The average Bonchev–Trinajstić information content (AvgIpc) is 2.82. The van der Waals surface area contributed by atoms with Gasteiger partial charge in [-0.1, -0.05) is 38.1 Å². The smallest absolute Gasteiger partial charge is 0.280 e. The monoisotopic (exact) mass is 474 g/mol. The normalized spacial score (nSPS) is 11.9. The number of fused-ring (bicyclic) bond motifs is 2. The van der Waals surface area contributed by atoms with Crippen LogP contribution in [0, 0.1) is 5.92 Å². The number of carbonyl (C=O) groups excluding carboxylic acids is 1. The van der Waals surface area contributed by atoms with Crippen molar-refractivity contribution in [3.05, 3.63) is 80.4 Å². The molecule has 0 saturated carbocycles. The molecule has 180 valence electrons. The van der Waals surface area contributed by atoms with Crippen LogP contribution < -0.4 is 16.5 Å². The Hall–Kier alpha value is -4.40. The number of amides is 1. The number of hydrogen-bond donors (Lipinski definition) is 4. The number of carbonyl (C=O) groups is 1. The zero-order valence-corrected chi connectivity index (χ0v) is 19.6. The Morgan fingerprint density at radius 2 is 1.63 bits per heavy atom. The third-order valence-corrected chi connectivity index (χ3v) is 5.88. The van der Waals surface area contributed by atoms with E-state index >= 15 is 0 Å². The van der Waals surface area contributed by atoms with E-state index in [0.29, 0.717) is 40.7 Å². The largest absolute Gasteiger partial charge is 0.506 e. The summed E-state index contributed by atoms with van der Waals surface area (Å²) in [6, 6.07) is 13.5. The zero-order chi connectivity index (χ0) is 25.3. The summed E-state index contributed by atoms with van der Waals surface area (Å²) in [6.45, 7) is 5.88. The number of rotatable bonds is 6. The molecular formula is C26H26N4O5. The maximum absolute atomic E-state index is 13.2. The number of nitrogens with zero attached hydrogens (tertiary/aromatic N) is 2. The van der Waals surface area contributed by atoms with Gasteiger partial charge in [0.1, 0.15) is 22.6 Å². The van der Waals surface area contributed by atoms with Gasteiger partial charge in [0.05, 0.1) is 16.7 Å². The van der Waals surface area contributed by atoms with E-state index in [1.165, 1.54) is 11.5 Å². The van der Waals surface area contributed by atoms with Crippen LogP contribution in [0.5, 0.6) is 11.5 Å². The first kappa shape index (κ1) is 23.7. The molecule has 0 fully saturated rings. The third kappa shape index (κ3) is 4.40. The van der Waals surface area contributed by atoms with E-state index in [0.717, 1.165) is 0 Å². The van der Waals surface area contributed by atoms with E-state index < -0.39 is 28.3 Å². The standard InChI is InChI=1S/C26H26N4O5/c1-14(2)12-13-30-19-11-7-5-9-17(19)23(32)21(26(30)35)25(34)29-28-15(3)20-22(31)16-8-4-6-10-18(16)27-24(20)33/h4-11,14,32H,12-13H2,1-3H3,(H,29,34)(H2,27,31,33)/b28-15+. The fourth-order valence-corrected chi connectivity index (χ4v) is 4.01. The molecule has 4 aromatic rings. The molecule has 0 aliphatic rings. The third-order valence-electron chi connectivity index (χ3n) is 5.88. The lowest BCUT2D eigenvalue weighted by molar-refractivity contribution is 0.0950. The summed E-state index contributed by atoms with van der Waals surface area (Å²) in [5, 5.41) is 26.1. The first-order chi connectivity index (χ1) is 16.7. The Balaban J connectivity index is 1.75. The SMILES string of the molecule is C/C(=N\NC(=O)c1c(O)c2ccccc2n(CCC(C)C)c1=O)c1c(O)c2ccccc2[nH]c1=O. The Labute approximate surface area is 200 Å². The van der Waals surface area contributed by atoms with Gasteiger partial charge in [0, 0.05) is 17.3 Å². The number of H-pyrrole nitrogens is 1. The maximum Gasteiger partial charge on any atom is 0.280 e. The van der Waals surface area contributed by atoms with Crippen LogP contribution in [-0.2, 0) is 6.54 Å². The number of aromatic hydroxyl groups is 2. The van der Waals surface area contributed by atoms with Crippen molar-refractivity contribution >= 4 is 33.4 Å². The minimum atomic E-state index is -0.924. The van der Waals surface area contributed by atoms with E-state index in [1.807, 2.05) is 13.8 Å². The van der Waals surface area contributed by atoms with Gasteiger partial charge in [-0.25, -0.2) is 5.43 Å². The highest BCUT2D eigenvalue weighted by Gasteiger charge is 2.23. The number of benzene rings is 2. The maximum atomic E-state index is 13.2. The molecule has 4 N–H and O–H groups in total. The predicted octanol–water partition coefficient (Wildman–Crippen LogP) is 3.45. The fourth-order valence-electron chi connectivity index (χ4n) is 4.01. The number of aromatic amines is 1. The van der Waals surface area contributed by atoms with Gasteiger partial charge in [0.2, 0.25) is 0 Å². The van der Waals surface area contributed by atoms with Crippen LogP contribution in [0.4, 0.5) is 0 Å². The number of aromatic nitrogens is 2. The van der Waals surface area contributed by atoms with Gasteiger partial charge in [0.25, 0.3) is 17.0 Å². The molecule has 0 spiro atoms. The highest BCUT2D eigenvalue weighted by atomic mass is 16.3. The predicted molar refractivity (Wildman–Crippen MR) is 135 cm³/mol. The van der Waals surface area contributed by atoms with Crippen molar-refractivity contribution in [1.29, 1.82) is 0 Å². The van der Waals surface area contributed by atoms with E-state index in [9.17, 15) is 24.6 Å². The van der Waals surface area contributed by atoms with Crippen LogP contribution in [0.15, 0.2) is 63.2 Å². The number of nitrogens with one attached hydrogen (secondary N) is 2. The number of aryl methyl sites for hydroxylation is 1. The van der Waals surface area contributed by atoms with Crippen LogP contribution in [-0.4, -0.2) is 31.4 Å². The lowest BCUT2D eigenvalue weighted by atomic mass is 10.1. The van der Waals surface area contributed by atoms with Crippen LogP contribution in [0.1, 0.15) is 43.1 Å². The zero-order valence-electron chi connectivity index (χ0n) is 19.6. The molecule has 2 heterocycles. The summed E-state index contributed by atoms with van der Waals surface area (Å²) < 4.78 is 1.47. The minimum Gasteiger partial charge on any atom is -0.506 e. The van der Waals surface area contributed by atoms with Crippen molar-refractivity contribution in [2.75, 3.05) is 0 Å². The van der Waals surface area contributed by atoms with Gasteiger partial charge in [-0.15, -0.1) is 0 Å². The van der Waals surface area contributed by atoms with Gasteiger partial charge in [-0.05, 0) is 43.5 Å². The van der Waals surface area contributed by atoms with Crippen LogP contribution in [0.2, 0.25) is 0 Å².